The SMILES string of the molecule is CC(C)c1ccn(C(C)S)n1. The van der Waals surface area contributed by atoms with Crippen molar-refractivity contribution >= 4 is 12.6 Å². The van der Waals surface area contributed by atoms with Gasteiger partial charge in [-0.2, -0.15) is 17.7 Å². The molecule has 11 heavy (non-hydrogen) atoms. The van der Waals surface area contributed by atoms with Crippen LogP contribution >= 0.6 is 12.6 Å². The molecule has 0 saturated heterocycles. The van der Waals surface area contributed by atoms with E-state index in [0.29, 0.717) is 5.92 Å². The van der Waals surface area contributed by atoms with E-state index in [4.69, 9.17) is 0 Å². The Morgan fingerprint density at radius 3 is 2.36 bits per heavy atom. The third-order valence-electron chi connectivity index (χ3n) is 1.60. The van der Waals surface area contributed by atoms with Gasteiger partial charge in [0.25, 0.3) is 0 Å². The van der Waals surface area contributed by atoms with E-state index in [-0.39, 0.29) is 5.37 Å². The van der Waals surface area contributed by atoms with Crippen molar-refractivity contribution in [3.8, 4) is 0 Å². The van der Waals surface area contributed by atoms with Gasteiger partial charge in [-0.15, -0.1) is 0 Å². The van der Waals surface area contributed by atoms with E-state index in [1.807, 2.05) is 23.9 Å². The van der Waals surface area contributed by atoms with Crippen LogP contribution in [0.2, 0.25) is 0 Å². The first-order valence-corrected chi connectivity index (χ1v) is 4.36. The minimum absolute atomic E-state index is 0.169. The molecule has 0 bridgehead atoms. The maximum atomic E-state index is 4.35. The number of hydrogen-bond acceptors (Lipinski definition) is 2. The molecule has 1 atom stereocenters. The van der Waals surface area contributed by atoms with E-state index >= 15 is 0 Å². The van der Waals surface area contributed by atoms with Gasteiger partial charge in [-0.1, -0.05) is 13.8 Å². The van der Waals surface area contributed by atoms with Crippen molar-refractivity contribution in [2.75, 3.05) is 0 Å². The second-order valence-corrected chi connectivity index (χ2v) is 3.75. The van der Waals surface area contributed by atoms with Crippen LogP contribution in [0.4, 0.5) is 0 Å². The maximum Gasteiger partial charge on any atom is 0.0914 e. The average molecular weight is 170 g/mol. The normalized spacial score (nSPS) is 13.9. The van der Waals surface area contributed by atoms with Crippen LogP contribution in [0.3, 0.4) is 0 Å². The Labute approximate surface area is 73.0 Å². The molecule has 0 spiro atoms. The first kappa shape index (κ1) is 8.65. The molecule has 0 aliphatic carbocycles. The fourth-order valence-electron chi connectivity index (χ4n) is 0.869. The summed E-state index contributed by atoms with van der Waals surface area (Å²) in [6.45, 7) is 6.27. The molecule has 0 radical (unpaired) electrons. The van der Waals surface area contributed by atoms with E-state index in [1.54, 1.807) is 0 Å². The van der Waals surface area contributed by atoms with E-state index in [0.717, 1.165) is 5.69 Å². The number of hydrogen-bond donors (Lipinski definition) is 1. The molecule has 1 aromatic heterocycles. The molecule has 0 amide bonds. The summed E-state index contributed by atoms with van der Waals surface area (Å²) < 4.78 is 1.86. The van der Waals surface area contributed by atoms with Gasteiger partial charge in [0.15, 0.2) is 0 Å². The first-order valence-electron chi connectivity index (χ1n) is 3.84. The zero-order valence-corrected chi connectivity index (χ0v) is 8.05. The van der Waals surface area contributed by atoms with Crippen molar-refractivity contribution in [1.82, 2.24) is 9.78 Å². The van der Waals surface area contributed by atoms with Crippen LogP contribution in [0, 0.1) is 0 Å². The van der Waals surface area contributed by atoms with Crippen LogP contribution < -0.4 is 0 Å². The highest BCUT2D eigenvalue weighted by atomic mass is 32.1. The molecule has 0 N–H and O–H groups in total. The molecule has 62 valence electrons. The quantitative estimate of drug-likeness (QED) is 0.675. The predicted octanol–water partition coefficient (Wildman–Crippen LogP) is 2.45. The van der Waals surface area contributed by atoms with Gasteiger partial charge < -0.3 is 0 Å². The van der Waals surface area contributed by atoms with Crippen LogP contribution in [0.1, 0.15) is 37.8 Å². The van der Waals surface area contributed by atoms with Crippen LogP contribution in [-0.4, -0.2) is 9.78 Å². The highest BCUT2D eigenvalue weighted by molar-refractivity contribution is 7.80. The molecule has 3 heteroatoms. The van der Waals surface area contributed by atoms with Gasteiger partial charge in [0, 0.05) is 6.20 Å². The molecular formula is C8H14N2S. The van der Waals surface area contributed by atoms with Crippen LogP contribution in [-0.2, 0) is 0 Å². The summed E-state index contributed by atoms with van der Waals surface area (Å²) in [5, 5.41) is 4.52. The largest absolute Gasteiger partial charge is 0.260 e. The third kappa shape index (κ3) is 1.99. The second kappa shape index (κ2) is 3.30. The van der Waals surface area contributed by atoms with Crippen LogP contribution in [0.15, 0.2) is 12.3 Å². The third-order valence-corrected chi connectivity index (χ3v) is 1.84. The maximum absolute atomic E-state index is 4.35. The Balaban J connectivity index is 2.82. The van der Waals surface area contributed by atoms with Crippen molar-refractivity contribution in [3.05, 3.63) is 18.0 Å². The lowest BCUT2D eigenvalue weighted by Crippen LogP contribution is -2.00. The lowest BCUT2D eigenvalue weighted by molar-refractivity contribution is 0.624. The van der Waals surface area contributed by atoms with Crippen molar-refractivity contribution in [2.45, 2.75) is 32.1 Å². The fraction of sp³-hybridized carbons (Fsp3) is 0.625. The molecule has 0 saturated carbocycles. The first-order chi connectivity index (χ1) is 5.11. The highest BCUT2D eigenvalue weighted by Crippen LogP contribution is 2.14. The fourth-order valence-corrected chi connectivity index (χ4v) is 0.997. The van der Waals surface area contributed by atoms with Crippen molar-refractivity contribution in [1.29, 1.82) is 0 Å². The van der Waals surface area contributed by atoms with Crippen molar-refractivity contribution < 1.29 is 0 Å². The minimum atomic E-state index is 0.169. The summed E-state index contributed by atoms with van der Waals surface area (Å²) in [4.78, 5) is 0. The summed E-state index contributed by atoms with van der Waals surface area (Å²) in [7, 11) is 0. The Kier molecular flexibility index (Phi) is 2.60. The standard InChI is InChI=1S/C8H14N2S/c1-6(2)8-4-5-10(9-8)7(3)11/h4-7,11H,1-3H3. The monoisotopic (exact) mass is 170 g/mol. The summed E-state index contributed by atoms with van der Waals surface area (Å²) in [6, 6.07) is 2.04. The van der Waals surface area contributed by atoms with E-state index in [9.17, 15) is 0 Å². The Bertz CT molecular complexity index is 205. The lowest BCUT2D eigenvalue weighted by Gasteiger charge is -2.03. The Morgan fingerprint density at radius 2 is 2.09 bits per heavy atom. The van der Waals surface area contributed by atoms with Gasteiger partial charge in [0.05, 0.1) is 11.1 Å². The van der Waals surface area contributed by atoms with Gasteiger partial charge in [0.2, 0.25) is 0 Å². The topological polar surface area (TPSA) is 17.8 Å². The van der Waals surface area contributed by atoms with Gasteiger partial charge in [0.1, 0.15) is 0 Å². The zero-order valence-electron chi connectivity index (χ0n) is 7.15. The Morgan fingerprint density at radius 1 is 1.45 bits per heavy atom. The van der Waals surface area contributed by atoms with Crippen LogP contribution in [0.25, 0.3) is 0 Å². The molecule has 0 aromatic carbocycles. The van der Waals surface area contributed by atoms with E-state index in [2.05, 4.69) is 31.6 Å². The predicted molar refractivity (Wildman–Crippen MR) is 50.0 cm³/mol. The molecule has 1 rings (SSSR count). The van der Waals surface area contributed by atoms with E-state index < -0.39 is 0 Å². The van der Waals surface area contributed by atoms with Gasteiger partial charge >= 0.3 is 0 Å². The number of aromatic nitrogens is 2. The second-order valence-electron chi connectivity index (χ2n) is 3.01. The lowest BCUT2D eigenvalue weighted by atomic mass is 10.1. The molecule has 0 aliphatic rings. The van der Waals surface area contributed by atoms with Crippen LogP contribution in [0.5, 0.6) is 0 Å². The minimum Gasteiger partial charge on any atom is -0.260 e. The van der Waals surface area contributed by atoms with Gasteiger partial charge in [-0.3, -0.25) is 4.68 Å². The average Bonchev–Trinajstić information content (AvgIpc) is 2.33. The number of rotatable bonds is 2. The number of nitrogens with zero attached hydrogens (tertiary/aromatic N) is 2. The molecule has 2 nitrogen and oxygen atoms in total. The number of thiol groups is 1. The highest BCUT2D eigenvalue weighted by Gasteiger charge is 2.04. The van der Waals surface area contributed by atoms with Crippen molar-refractivity contribution in [3.63, 3.8) is 0 Å². The smallest absolute Gasteiger partial charge is 0.0914 e. The summed E-state index contributed by atoms with van der Waals surface area (Å²) in [6.07, 6.45) is 1.97. The van der Waals surface area contributed by atoms with Gasteiger partial charge in [-0.05, 0) is 18.9 Å². The summed E-state index contributed by atoms with van der Waals surface area (Å²) >= 11 is 4.27. The summed E-state index contributed by atoms with van der Waals surface area (Å²) in [5.74, 6) is 0.503. The Hall–Kier alpha value is -0.440. The molecule has 0 fully saturated rings. The summed E-state index contributed by atoms with van der Waals surface area (Å²) in [5.41, 5.74) is 1.13. The molecule has 1 heterocycles. The van der Waals surface area contributed by atoms with E-state index in [1.165, 1.54) is 0 Å². The molecule has 1 unspecified atom stereocenters. The van der Waals surface area contributed by atoms with Gasteiger partial charge in [-0.25, -0.2) is 0 Å². The zero-order chi connectivity index (χ0) is 8.43. The molecular weight excluding hydrogens is 156 g/mol. The molecule has 0 aliphatic heterocycles. The molecule has 1 aromatic rings. The van der Waals surface area contributed by atoms with Crippen molar-refractivity contribution in [2.24, 2.45) is 0 Å².